The van der Waals surface area contributed by atoms with Crippen LogP contribution in [0.3, 0.4) is 0 Å². The largest absolute Gasteiger partial charge is 0.493 e. The maximum atomic E-state index is 6.02. The van der Waals surface area contributed by atoms with Crippen LogP contribution in [0, 0.1) is 0 Å². The fraction of sp³-hybridized carbons (Fsp3) is 0.600. The summed E-state index contributed by atoms with van der Waals surface area (Å²) in [6.07, 6.45) is 2.13. The first-order valence-corrected chi connectivity index (χ1v) is 7.74. The number of ether oxygens (including phenoxy) is 2. The second kappa shape index (κ2) is 6.78. The molecule has 5 heteroatoms. The molecular weight excluding hydrogens is 320 g/mol. The summed E-state index contributed by atoms with van der Waals surface area (Å²) < 4.78 is 11.7. The van der Waals surface area contributed by atoms with Crippen LogP contribution < -0.4 is 15.2 Å². The quantitative estimate of drug-likeness (QED) is 0.913. The maximum absolute atomic E-state index is 6.02. The number of rotatable bonds is 4. The molecule has 2 rings (SSSR count). The van der Waals surface area contributed by atoms with Gasteiger partial charge in [0.25, 0.3) is 0 Å². The third-order valence-corrected chi connectivity index (χ3v) is 4.72. The van der Waals surface area contributed by atoms with Gasteiger partial charge in [-0.1, -0.05) is 15.9 Å². The minimum Gasteiger partial charge on any atom is -0.493 e. The first kappa shape index (κ1) is 15.6. The van der Waals surface area contributed by atoms with Gasteiger partial charge in [-0.05, 0) is 37.5 Å². The molecule has 20 heavy (non-hydrogen) atoms. The number of nitrogens with zero attached hydrogens (tertiary/aromatic N) is 1. The van der Waals surface area contributed by atoms with E-state index >= 15 is 0 Å². The summed E-state index contributed by atoms with van der Waals surface area (Å²) in [6, 6.07) is 4.87. The van der Waals surface area contributed by atoms with Gasteiger partial charge in [-0.3, -0.25) is 4.90 Å². The zero-order chi connectivity index (χ0) is 14.7. The van der Waals surface area contributed by atoms with Gasteiger partial charge in [0.1, 0.15) is 0 Å². The summed E-state index contributed by atoms with van der Waals surface area (Å²) in [5.74, 6) is 1.52. The summed E-state index contributed by atoms with van der Waals surface area (Å²) >= 11 is 3.62. The zero-order valence-corrected chi connectivity index (χ0v) is 13.9. The van der Waals surface area contributed by atoms with Crippen LogP contribution in [-0.4, -0.2) is 37.7 Å². The Morgan fingerprint density at radius 1 is 1.30 bits per heavy atom. The van der Waals surface area contributed by atoms with Crippen LogP contribution in [0.5, 0.6) is 11.5 Å². The molecule has 0 bridgehead atoms. The number of benzene rings is 1. The number of halogens is 1. The topological polar surface area (TPSA) is 47.7 Å². The molecule has 0 spiro atoms. The lowest BCUT2D eigenvalue weighted by Crippen LogP contribution is -2.45. The molecule has 2 atom stereocenters. The number of likely N-dealkylation sites (tertiary alicyclic amines) is 1. The monoisotopic (exact) mass is 342 g/mol. The number of piperidine rings is 1. The van der Waals surface area contributed by atoms with E-state index in [2.05, 4.69) is 27.8 Å². The molecule has 4 nitrogen and oxygen atoms in total. The van der Waals surface area contributed by atoms with Crippen molar-refractivity contribution in [1.29, 1.82) is 0 Å². The lowest BCUT2D eigenvalue weighted by molar-refractivity contribution is 0.139. The van der Waals surface area contributed by atoms with Crippen molar-refractivity contribution in [2.24, 2.45) is 5.73 Å². The van der Waals surface area contributed by atoms with Gasteiger partial charge in [0, 0.05) is 29.6 Å². The minimum absolute atomic E-state index is 0.343. The fourth-order valence-electron chi connectivity index (χ4n) is 2.73. The van der Waals surface area contributed by atoms with E-state index in [1.807, 2.05) is 12.1 Å². The summed E-state index contributed by atoms with van der Waals surface area (Å²) in [4.78, 5) is 2.47. The summed E-state index contributed by atoms with van der Waals surface area (Å²) in [7, 11) is 3.32. The highest BCUT2D eigenvalue weighted by Crippen LogP contribution is 2.34. The average Bonchev–Trinajstić information content (AvgIpc) is 2.43. The molecule has 1 saturated heterocycles. The summed E-state index contributed by atoms with van der Waals surface area (Å²) in [6.45, 7) is 4.19. The minimum atomic E-state index is 0.343. The molecule has 1 heterocycles. The maximum Gasteiger partial charge on any atom is 0.161 e. The summed E-state index contributed by atoms with van der Waals surface area (Å²) in [5, 5.41) is 0. The van der Waals surface area contributed by atoms with Gasteiger partial charge in [-0.15, -0.1) is 0 Å². The molecule has 1 aliphatic heterocycles. The van der Waals surface area contributed by atoms with Crippen molar-refractivity contribution in [2.45, 2.75) is 38.4 Å². The van der Waals surface area contributed by atoms with Crippen LogP contribution in [0.25, 0.3) is 0 Å². The van der Waals surface area contributed by atoms with Crippen LogP contribution in [0.15, 0.2) is 16.6 Å². The van der Waals surface area contributed by atoms with Crippen LogP contribution in [0.4, 0.5) is 0 Å². The molecular formula is C15H23BrN2O2. The molecule has 0 aromatic heterocycles. The van der Waals surface area contributed by atoms with Gasteiger partial charge in [-0.2, -0.15) is 0 Å². The molecule has 0 aliphatic carbocycles. The number of hydrogen-bond donors (Lipinski definition) is 1. The van der Waals surface area contributed by atoms with E-state index in [4.69, 9.17) is 15.2 Å². The number of hydrogen-bond acceptors (Lipinski definition) is 4. The van der Waals surface area contributed by atoms with Crippen molar-refractivity contribution in [3.05, 3.63) is 22.2 Å². The van der Waals surface area contributed by atoms with E-state index in [9.17, 15) is 0 Å². The van der Waals surface area contributed by atoms with E-state index in [-0.39, 0.29) is 0 Å². The van der Waals surface area contributed by atoms with Crippen molar-refractivity contribution in [3.8, 4) is 11.5 Å². The Kier molecular flexibility index (Phi) is 5.29. The molecule has 0 amide bonds. The highest BCUT2D eigenvalue weighted by molar-refractivity contribution is 9.10. The van der Waals surface area contributed by atoms with Gasteiger partial charge in [0.15, 0.2) is 11.5 Å². The van der Waals surface area contributed by atoms with Gasteiger partial charge < -0.3 is 15.2 Å². The fourth-order valence-corrected chi connectivity index (χ4v) is 3.18. The molecule has 0 radical (unpaired) electrons. The molecule has 2 unspecified atom stereocenters. The van der Waals surface area contributed by atoms with Gasteiger partial charge in [0.2, 0.25) is 0 Å². The van der Waals surface area contributed by atoms with Crippen molar-refractivity contribution < 1.29 is 9.47 Å². The molecule has 1 aliphatic rings. The molecule has 112 valence electrons. The predicted octanol–water partition coefficient (Wildman–Crippen LogP) is 2.78. The average molecular weight is 343 g/mol. The van der Waals surface area contributed by atoms with Crippen molar-refractivity contribution in [1.82, 2.24) is 4.90 Å². The smallest absolute Gasteiger partial charge is 0.161 e. The lowest BCUT2D eigenvalue weighted by atomic mass is 9.98. The van der Waals surface area contributed by atoms with Crippen LogP contribution in [0.1, 0.15) is 25.3 Å². The summed E-state index contributed by atoms with van der Waals surface area (Å²) in [5.41, 5.74) is 7.23. The van der Waals surface area contributed by atoms with Crippen LogP contribution in [0.2, 0.25) is 0 Å². The first-order valence-electron chi connectivity index (χ1n) is 6.95. The first-order chi connectivity index (χ1) is 9.55. The second-order valence-corrected chi connectivity index (χ2v) is 6.26. The van der Waals surface area contributed by atoms with Gasteiger partial charge in [-0.25, -0.2) is 0 Å². The van der Waals surface area contributed by atoms with E-state index in [1.54, 1.807) is 14.2 Å². The standard InChI is InChI=1S/C15H23BrN2O2/c1-10-6-12(17)4-5-18(10)9-11-7-14(19-2)15(20-3)8-13(11)16/h7-8,10,12H,4-6,9,17H2,1-3H3. The Hall–Kier alpha value is -0.780. The highest BCUT2D eigenvalue weighted by atomic mass is 79.9. The molecule has 1 aromatic rings. The highest BCUT2D eigenvalue weighted by Gasteiger charge is 2.24. The normalized spacial score (nSPS) is 23.6. The second-order valence-electron chi connectivity index (χ2n) is 5.40. The van der Waals surface area contributed by atoms with E-state index in [0.29, 0.717) is 12.1 Å². The number of methoxy groups -OCH3 is 2. The Balaban J connectivity index is 2.16. The van der Waals surface area contributed by atoms with Crippen molar-refractivity contribution in [2.75, 3.05) is 20.8 Å². The van der Waals surface area contributed by atoms with Gasteiger partial charge >= 0.3 is 0 Å². The van der Waals surface area contributed by atoms with Crippen molar-refractivity contribution in [3.63, 3.8) is 0 Å². The number of nitrogens with two attached hydrogens (primary N) is 1. The molecule has 0 saturated carbocycles. The van der Waals surface area contributed by atoms with Gasteiger partial charge in [0.05, 0.1) is 14.2 Å². The third kappa shape index (κ3) is 3.45. The molecule has 2 N–H and O–H groups in total. The molecule has 1 fully saturated rings. The van der Waals surface area contributed by atoms with Crippen molar-refractivity contribution >= 4 is 15.9 Å². The zero-order valence-electron chi connectivity index (χ0n) is 12.4. The Labute approximate surface area is 129 Å². The van der Waals surface area contributed by atoms with E-state index in [1.165, 1.54) is 5.56 Å². The van der Waals surface area contributed by atoms with E-state index < -0.39 is 0 Å². The van der Waals surface area contributed by atoms with Crippen LogP contribution >= 0.6 is 15.9 Å². The predicted molar refractivity (Wildman–Crippen MR) is 84.3 cm³/mol. The third-order valence-electron chi connectivity index (χ3n) is 3.98. The Morgan fingerprint density at radius 3 is 2.55 bits per heavy atom. The SMILES string of the molecule is COc1cc(Br)c(CN2CCC(N)CC2C)cc1OC. The van der Waals surface area contributed by atoms with Crippen LogP contribution in [-0.2, 0) is 6.54 Å². The Bertz CT molecular complexity index is 467. The molecule has 1 aromatic carbocycles. The Morgan fingerprint density at radius 2 is 1.95 bits per heavy atom. The van der Waals surface area contributed by atoms with E-state index in [0.717, 1.165) is 41.9 Å². The lowest BCUT2D eigenvalue weighted by Gasteiger charge is -2.36.